The molecule has 1 fully saturated rings. The van der Waals surface area contributed by atoms with Crippen molar-refractivity contribution in [2.75, 3.05) is 38.5 Å². The molecule has 26 nitrogen and oxygen atoms in total. The number of carboxylic acid groups (broad SMARTS) is 2. The van der Waals surface area contributed by atoms with Gasteiger partial charge in [0.05, 0.1) is 32.2 Å². The van der Waals surface area contributed by atoms with Crippen LogP contribution in [0.5, 0.6) is 5.75 Å². The first-order valence-corrected chi connectivity index (χ1v) is 21.9. The van der Waals surface area contributed by atoms with Crippen molar-refractivity contribution in [1.29, 1.82) is 0 Å². The lowest BCUT2D eigenvalue weighted by Gasteiger charge is -2.29. The molecule has 0 spiro atoms. The van der Waals surface area contributed by atoms with Crippen molar-refractivity contribution in [1.82, 2.24) is 42.1 Å². The molecule has 1 aromatic carbocycles. The summed E-state index contributed by atoms with van der Waals surface area (Å²) in [6.45, 7) is 1.09. The third kappa shape index (κ3) is 19.3. The third-order valence-corrected chi connectivity index (χ3v) is 10.8. The smallest absolute Gasteiger partial charge is 0.326 e. The van der Waals surface area contributed by atoms with E-state index in [1.54, 1.807) is 13.8 Å². The van der Waals surface area contributed by atoms with Gasteiger partial charge in [-0.05, 0) is 49.3 Å². The summed E-state index contributed by atoms with van der Waals surface area (Å²) in [5.41, 5.74) is 16.6. The van der Waals surface area contributed by atoms with Gasteiger partial charge in [-0.3, -0.25) is 48.1 Å². The van der Waals surface area contributed by atoms with Gasteiger partial charge in [-0.15, -0.1) is 0 Å². The van der Waals surface area contributed by atoms with E-state index in [1.807, 2.05) is 0 Å². The summed E-state index contributed by atoms with van der Waals surface area (Å²) in [5.74, 6) is -10.8. The number of nitrogens with zero attached hydrogens (tertiary/aromatic N) is 2. The standard InChI is InChI=1S/C40H62N12O14S/c1-3-20(2)32(37(63)46-17-30(56)48-27(18-53)35(61)49-24(39(65)66)6-4-12-44-40(42)43)51-34(60)25(14-21-8-10-22(54)11-9-21)47-29(55)16-45-36(62)28-7-5-13-52(28)38(64)26(15-31(57)58)50-33(59)23(41)19-67/h8-11,20,23-28,32,53-54,67H,3-7,12-19,41H2,1-2H3,(H,45,62)(H,46,63)(H,47,55)(H,48,56)(H,49,61)(H,50,59)(H,51,60)(H,57,58)(H,65,66)(H4,42,43,44)/t20-,23+,24+,25-,26+,27+,28-,32+/m1/s1. The fourth-order valence-corrected chi connectivity index (χ4v) is 6.72. The van der Waals surface area contributed by atoms with Gasteiger partial charge < -0.3 is 79.7 Å². The number of hydrogen-bond donors (Lipinski definition) is 15. The van der Waals surface area contributed by atoms with E-state index in [2.05, 4.69) is 54.8 Å². The molecule has 2 rings (SSSR count). The minimum Gasteiger partial charge on any atom is -0.508 e. The molecular weight excluding hydrogens is 905 g/mol. The highest BCUT2D eigenvalue weighted by atomic mass is 32.1. The van der Waals surface area contributed by atoms with Gasteiger partial charge in [0.15, 0.2) is 5.96 Å². The molecule has 0 aliphatic carbocycles. The average Bonchev–Trinajstić information content (AvgIpc) is 3.78. The number of aliphatic imine (C=N–C) groups is 1. The minimum absolute atomic E-state index is 0.0396. The number of amides is 8. The van der Waals surface area contributed by atoms with Gasteiger partial charge in [0, 0.05) is 25.3 Å². The van der Waals surface area contributed by atoms with Crippen molar-refractivity contribution in [3.63, 3.8) is 0 Å². The number of aliphatic hydroxyl groups excluding tert-OH is 1. The molecule has 0 aromatic heterocycles. The molecule has 0 radical (unpaired) electrons. The Morgan fingerprint density at radius 3 is 1.99 bits per heavy atom. The zero-order chi connectivity index (χ0) is 50.4. The molecule has 372 valence electrons. The largest absolute Gasteiger partial charge is 0.508 e. The first kappa shape index (κ1) is 56.4. The fourth-order valence-electron chi connectivity index (χ4n) is 6.55. The summed E-state index contributed by atoms with van der Waals surface area (Å²) < 4.78 is 0. The highest BCUT2D eigenvalue weighted by Gasteiger charge is 2.39. The number of thiol groups is 1. The van der Waals surface area contributed by atoms with E-state index in [0.717, 1.165) is 4.90 Å². The number of phenolic OH excluding ortho intramolecular Hbond substituents is 1. The molecule has 0 unspecified atom stereocenters. The molecule has 0 saturated carbocycles. The maximum atomic E-state index is 13.9. The Morgan fingerprint density at radius 1 is 0.821 bits per heavy atom. The van der Waals surface area contributed by atoms with Crippen molar-refractivity contribution in [2.45, 2.75) is 101 Å². The van der Waals surface area contributed by atoms with Crippen LogP contribution in [0.1, 0.15) is 57.9 Å². The summed E-state index contributed by atoms with van der Waals surface area (Å²) in [4.78, 5) is 134. The predicted octanol–water partition coefficient (Wildman–Crippen LogP) is -5.51. The number of rotatable bonds is 28. The number of aromatic hydroxyl groups is 1. The van der Waals surface area contributed by atoms with Gasteiger partial charge in [-0.2, -0.15) is 12.6 Å². The number of hydrogen-bond acceptors (Lipinski definition) is 15. The second-order valence-electron chi connectivity index (χ2n) is 15.6. The number of nitrogens with one attached hydrogen (secondary N) is 7. The average molecular weight is 967 g/mol. The molecule has 0 bridgehead atoms. The molecule has 8 atom stereocenters. The summed E-state index contributed by atoms with van der Waals surface area (Å²) in [7, 11) is 0. The number of nitrogens with two attached hydrogens (primary N) is 3. The number of benzene rings is 1. The van der Waals surface area contributed by atoms with Gasteiger partial charge in [0.2, 0.25) is 47.3 Å². The molecule has 1 aromatic rings. The predicted molar refractivity (Wildman–Crippen MR) is 240 cm³/mol. The van der Waals surface area contributed by atoms with Crippen LogP contribution in [0, 0.1) is 5.92 Å². The summed E-state index contributed by atoms with van der Waals surface area (Å²) in [6.07, 6.45) is -0.0676. The summed E-state index contributed by atoms with van der Waals surface area (Å²) >= 11 is 3.94. The van der Waals surface area contributed by atoms with Crippen molar-refractivity contribution in [3.05, 3.63) is 29.8 Å². The Hall–Kier alpha value is -6.74. The van der Waals surface area contributed by atoms with Gasteiger partial charge in [0.1, 0.15) is 42.0 Å². The second kappa shape index (κ2) is 28.3. The number of likely N-dealkylation sites (tertiary alicyclic amines) is 1. The van der Waals surface area contributed by atoms with Crippen LogP contribution < -0.4 is 54.4 Å². The van der Waals surface area contributed by atoms with Crippen LogP contribution in [-0.2, 0) is 54.4 Å². The number of carbonyl (C=O) groups is 10. The number of guanidine groups is 1. The van der Waals surface area contributed by atoms with E-state index >= 15 is 0 Å². The van der Waals surface area contributed by atoms with Crippen molar-refractivity contribution < 1.29 is 68.4 Å². The molecule has 27 heteroatoms. The fraction of sp³-hybridized carbons (Fsp3) is 0.575. The van der Waals surface area contributed by atoms with E-state index < -0.39 is 134 Å². The number of aliphatic carboxylic acids is 2. The molecule has 1 aliphatic rings. The SMILES string of the molecule is CC[C@@H](C)[C@H](NC(=O)[C@@H](Cc1ccc(O)cc1)NC(=O)CNC(=O)[C@H]1CCCN1C(=O)[C@H](CC(=O)O)NC(=O)[C@@H](N)CS)C(=O)NCC(=O)N[C@@H](CO)C(=O)N[C@@H](CCCN=C(N)N)C(=O)O. The second-order valence-corrected chi connectivity index (χ2v) is 16.0. The van der Waals surface area contributed by atoms with Crippen LogP contribution in [0.3, 0.4) is 0 Å². The molecule has 1 aliphatic heterocycles. The molecule has 17 N–H and O–H groups in total. The van der Waals surface area contributed by atoms with E-state index in [1.165, 1.54) is 24.3 Å². The first-order valence-electron chi connectivity index (χ1n) is 21.2. The number of phenols is 1. The maximum Gasteiger partial charge on any atom is 0.326 e. The number of aliphatic hydroxyl groups is 1. The molecule has 8 amide bonds. The van der Waals surface area contributed by atoms with Gasteiger partial charge in [0.25, 0.3) is 0 Å². The van der Waals surface area contributed by atoms with Crippen LogP contribution in [0.25, 0.3) is 0 Å². The van der Waals surface area contributed by atoms with E-state index in [4.69, 9.17) is 17.2 Å². The molecule has 1 saturated heterocycles. The normalized spacial score (nSPS) is 16.3. The third-order valence-electron chi connectivity index (χ3n) is 10.4. The lowest BCUT2D eigenvalue weighted by Crippen LogP contribution is -2.58. The lowest BCUT2D eigenvalue weighted by molar-refractivity contribution is -0.146. The Morgan fingerprint density at radius 2 is 1.42 bits per heavy atom. The first-order chi connectivity index (χ1) is 31.6. The van der Waals surface area contributed by atoms with Crippen LogP contribution in [0.4, 0.5) is 0 Å². The zero-order valence-electron chi connectivity index (χ0n) is 37.1. The topological polar surface area (TPSA) is 429 Å². The van der Waals surface area contributed by atoms with Crippen LogP contribution >= 0.6 is 12.6 Å². The maximum absolute atomic E-state index is 13.9. The van der Waals surface area contributed by atoms with Crippen LogP contribution in [0.15, 0.2) is 29.3 Å². The van der Waals surface area contributed by atoms with E-state index in [0.29, 0.717) is 18.4 Å². The Bertz CT molecular complexity index is 1950. The molecular formula is C40H62N12O14S. The minimum atomic E-state index is -1.61. The number of carbonyl (C=O) groups excluding carboxylic acids is 8. The monoisotopic (exact) mass is 966 g/mol. The van der Waals surface area contributed by atoms with Crippen LogP contribution in [0.2, 0.25) is 0 Å². The summed E-state index contributed by atoms with van der Waals surface area (Å²) in [5, 5.41) is 55.1. The van der Waals surface area contributed by atoms with E-state index in [-0.39, 0.29) is 56.2 Å². The van der Waals surface area contributed by atoms with Crippen molar-refractivity contribution >= 4 is 77.8 Å². The quantitative estimate of drug-likeness (QED) is 0.0161. The van der Waals surface area contributed by atoms with Gasteiger partial charge in [-0.1, -0.05) is 32.4 Å². The van der Waals surface area contributed by atoms with Crippen molar-refractivity contribution in [3.8, 4) is 5.75 Å². The van der Waals surface area contributed by atoms with E-state index in [9.17, 15) is 68.4 Å². The highest BCUT2D eigenvalue weighted by Crippen LogP contribution is 2.20. The molecule has 67 heavy (non-hydrogen) atoms. The Kier molecular flexibility index (Phi) is 23.8. The van der Waals surface area contributed by atoms with Gasteiger partial charge >= 0.3 is 11.9 Å². The number of carboxylic acids is 2. The Labute approximate surface area is 390 Å². The van der Waals surface area contributed by atoms with Gasteiger partial charge in [-0.25, -0.2) is 4.79 Å². The highest BCUT2D eigenvalue weighted by molar-refractivity contribution is 7.80. The molecule has 1 heterocycles. The lowest BCUT2D eigenvalue weighted by atomic mass is 9.97. The zero-order valence-corrected chi connectivity index (χ0v) is 38.0. The van der Waals surface area contributed by atoms with Crippen LogP contribution in [-0.4, -0.2) is 171 Å². The summed E-state index contributed by atoms with van der Waals surface area (Å²) in [6, 6.07) is -3.90. The Balaban J connectivity index is 2.15. The van der Waals surface area contributed by atoms with Crippen molar-refractivity contribution in [2.24, 2.45) is 28.1 Å².